The molecule has 1 aliphatic heterocycles. The molecule has 0 aliphatic carbocycles. The Morgan fingerprint density at radius 3 is 2.83 bits per heavy atom. The second-order valence-electron chi connectivity index (χ2n) is 5.42. The number of rotatable bonds is 4. The van der Waals surface area contributed by atoms with Crippen LogP contribution < -0.4 is 16.0 Å². The lowest BCUT2D eigenvalue weighted by atomic mass is 10.0. The first-order chi connectivity index (χ1) is 11.5. The quantitative estimate of drug-likeness (QED) is 0.788. The summed E-state index contributed by atoms with van der Waals surface area (Å²) in [6.07, 6.45) is 3.29. The van der Waals surface area contributed by atoms with Gasteiger partial charge in [-0.25, -0.2) is 4.79 Å². The van der Waals surface area contributed by atoms with Crippen LogP contribution in [0, 0.1) is 6.92 Å². The molecular weight excluding hydrogens is 326 g/mol. The Balaban J connectivity index is 1.78. The molecule has 0 unspecified atom stereocenters. The summed E-state index contributed by atoms with van der Waals surface area (Å²) >= 11 is 1.49. The van der Waals surface area contributed by atoms with Crippen LogP contribution in [0.15, 0.2) is 41.2 Å². The molecule has 0 bridgehead atoms. The van der Waals surface area contributed by atoms with Gasteiger partial charge in [0.15, 0.2) is 0 Å². The molecule has 0 spiro atoms. The van der Waals surface area contributed by atoms with Gasteiger partial charge in [-0.05, 0) is 25.3 Å². The molecular formula is C16H17N5O2S. The lowest BCUT2D eigenvalue weighted by Gasteiger charge is -2.27. The van der Waals surface area contributed by atoms with E-state index in [4.69, 9.17) is 0 Å². The van der Waals surface area contributed by atoms with Crippen LogP contribution in [0.4, 0.5) is 4.79 Å². The van der Waals surface area contributed by atoms with E-state index >= 15 is 0 Å². The molecule has 7 nitrogen and oxygen atoms in total. The predicted molar refractivity (Wildman–Crippen MR) is 90.0 cm³/mol. The predicted octanol–water partition coefficient (Wildman–Crippen LogP) is 1.79. The van der Waals surface area contributed by atoms with E-state index in [0.717, 1.165) is 10.6 Å². The summed E-state index contributed by atoms with van der Waals surface area (Å²) in [5.41, 5.74) is 2.54. The summed E-state index contributed by atoms with van der Waals surface area (Å²) in [7, 11) is 0. The molecule has 0 radical (unpaired) electrons. The lowest BCUT2D eigenvalue weighted by molar-refractivity contribution is -0.118. The molecule has 3 heterocycles. The fourth-order valence-corrected chi connectivity index (χ4v) is 3.22. The van der Waals surface area contributed by atoms with E-state index in [-0.39, 0.29) is 18.5 Å². The van der Waals surface area contributed by atoms with Crippen molar-refractivity contribution in [2.24, 2.45) is 0 Å². The Hall–Kier alpha value is -2.74. The zero-order chi connectivity index (χ0) is 17.1. The fourth-order valence-electron chi connectivity index (χ4n) is 2.44. The Labute approximate surface area is 143 Å². The molecule has 3 amide bonds. The van der Waals surface area contributed by atoms with Gasteiger partial charge in [0.05, 0.1) is 35.7 Å². The van der Waals surface area contributed by atoms with E-state index in [9.17, 15) is 9.59 Å². The zero-order valence-electron chi connectivity index (χ0n) is 13.3. The molecule has 0 aromatic carbocycles. The Morgan fingerprint density at radius 1 is 1.33 bits per heavy atom. The molecule has 1 aliphatic rings. The number of amides is 3. The molecule has 124 valence electrons. The number of nitrogens with zero attached hydrogens (tertiary/aromatic N) is 2. The Morgan fingerprint density at radius 2 is 2.17 bits per heavy atom. The molecule has 8 heteroatoms. The molecule has 3 N–H and O–H groups in total. The first kappa shape index (κ1) is 16.1. The number of aromatic nitrogens is 2. The fraction of sp³-hybridized carbons (Fsp3) is 0.250. The first-order valence-electron chi connectivity index (χ1n) is 7.42. The van der Waals surface area contributed by atoms with Gasteiger partial charge in [-0.1, -0.05) is 6.07 Å². The molecule has 0 saturated carbocycles. The van der Waals surface area contributed by atoms with Gasteiger partial charge >= 0.3 is 6.03 Å². The van der Waals surface area contributed by atoms with Crippen LogP contribution in [0.25, 0.3) is 0 Å². The molecule has 0 saturated heterocycles. The van der Waals surface area contributed by atoms with Gasteiger partial charge in [-0.3, -0.25) is 14.8 Å². The number of carbonyl (C=O) groups excluding carboxylic acids is 2. The van der Waals surface area contributed by atoms with Crippen molar-refractivity contribution in [3.63, 3.8) is 0 Å². The van der Waals surface area contributed by atoms with Gasteiger partial charge in [0, 0.05) is 16.8 Å². The highest BCUT2D eigenvalue weighted by molar-refractivity contribution is 7.10. The topological polar surface area (TPSA) is 96.0 Å². The van der Waals surface area contributed by atoms with Crippen LogP contribution in [0.2, 0.25) is 0 Å². The Kier molecular flexibility index (Phi) is 4.57. The average Bonchev–Trinajstić information content (AvgIpc) is 3.07. The maximum absolute atomic E-state index is 12.7. The molecule has 1 atom stereocenters. The van der Waals surface area contributed by atoms with Crippen LogP contribution in [0.1, 0.15) is 29.2 Å². The van der Waals surface area contributed by atoms with Crippen LogP contribution in [-0.4, -0.2) is 21.9 Å². The van der Waals surface area contributed by atoms with Gasteiger partial charge in [0.2, 0.25) is 0 Å². The largest absolute Gasteiger partial charge is 0.346 e. The maximum Gasteiger partial charge on any atom is 0.319 e. The molecule has 24 heavy (non-hydrogen) atoms. The smallest absolute Gasteiger partial charge is 0.319 e. The van der Waals surface area contributed by atoms with Crippen LogP contribution in [0.5, 0.6) is 0 Å². The average molecular weight is 343 g/mol. The monoisotopic (exact) mass is 343 g/mol. The van der Waals surface area contributed by atoms with Crippen molar-refractivity contribution < 1.29 is 9.59 Å². The van der Waals surface area contributed by atoms with Gasteiger partial charge < -0.3 is 16.0 Å². The van der Waals surface area contributed by atoms with E-state index in [2.05, 4.69) is 25.9 Å². The summed E-state index contributed by atoms with van der Waals surface area (Å²) in [6.45, 7) is 3.85. The summed E-state index contributed by atoms with van der Waals surface area (Å²) in [4.78, 5) is 33.7. The second kappa shape index (κ2) is 6.79. The summed E-state index contributed by atoms with van der Waals surface area (Å²) in [6, 6.07) is 3.02. The summed E-state index contributed by atoms with van der Waals surface area (Å²) < 4.78 is 0. The molecule has 0 fully saturated rings. The number of urea groups is 1. The molecule has 3 rings (SSSR count). The minimum Gasteiger partial charge on any atom is -0.346 e. The standard InChI is InChI=1S/C16H17N5O2S/c1-9-6-18-11(7-17-9)8-19-15(22)13-10(2)20-16(23)21-14(13)12-4-3-5-24-12/h3-7,14H,8H2,1-2H3,(H,19,22)(H2,20,21,23)/t14-/m1/s1. The number of hydrogen-bond donors (Lipinski definition) is 3. The summed E-state index contributed by atoms with van der Waals surface area (Å²) in [5.74, 6) is -0.249. The van der Waals surface area contributed by atoms with Crippen LogP contribution in [0.3, 0.4) is 0 Å². The van der Waals surface area contributed by atoms with E-state index in [1.165, 1.54) is 11.3 Å². The lowest BCUT2D eigenvalue weighted by Crippen LogP contribution is -2.46. The highest BCUT2D eigenvalue weighted by Crippen LogP contribution is 2.29. The molecule has 2 aromatic rings. The number of nitrogens with one attached hydrogen (secondary N) is 3. The SMILES string of the molecule is CC1=C(C(=O)NCc2cnc(C)cn2)[C@@H](c2cccs2)NC(=O)N1. The van der Waals surface area contributed by atoms with E-state index in [1.54, 1.807) is 19.3 Å². The van der Waals surface area contributed by atoms with Crippen LogP contribution >= 0.6 is 11.3 Å². The Bertz CT molecular complexity index is 783. The minimum absolute atomic E-state index is 0.249. The van der Waals surface area contributed by atoms with Gasteiger partial charge in [0.25, 0.3) is 5.91 Å². The normalized spacial score (nSPS) is 17.2. The van der Waals surface area contributed by atoms with Gasteiger partial charge in [0.1, 0.15) is 0 Å². The first-order valence-corrected chi connectivity index (χ1v) is 8.30. The van der Waals surface area contributed by atoms with Crippen molar-refractivity contribution in [1.29, 1.82) is 0 Å². The van der Waals surface area contributed by atoms with Gasteiger partial charge in [-0.15, -0.1) is 11.3 Å². The maximum atomic E-state index is 12.7. The highest BCUT2D eigenvalue weighted by Gasteiger charge is 2.31. The minimum atomic E-state index is -0.456. The van der Waals surface area contributed by atoms with E-state index < -0.39 is 6.04 Å². The van der Waals surface area contributed by atoms with Crippen molar-refractivity contribution in [1.82, 2.24) is 25.9 Å². The third kappa shape index (κ3) is 3.43. The van der Waals surface area contributed by atoms with E-state index in [0.29, 0.717) is 17.0 Å². The number of hydrogen-bond acceptors (Lipinski definition) is 5. The van der Waals surface area contributed by atoms with E-state index in [1.807, 2.05) is 24.4 Å². The van der Waals surface area contributed by atoms with Crippen LogP contribution in [-0.2, 0) is 11.3 Å². The number of aryl methyl sites for hydroxylation is 1. The van der Waals surface area contributed by atoms with Crippen molar-refractivity contribution >= 4 is 23.3 Å². The third-order valence-corrected chi connectivity index (χ3v) is 4.54. The third-order valence-electron chi connectivity index (χ3n) is 3.61. The van der Waals surface area contributed by atoms with Crippen molar-refractivity contribution in [2.75, 3.05) is 0 Å². The van der Waals surface area contributed by atoms with Gasteiger partial charge in [-0.2, -0.15) is 0 Å². The number of allylic oxidation sites excluding steroid dienone is 1. The zero-order valence-corrected chi connectivity index (χ0v) is 14.1. The van der Waals surface area contributed by atoms with Crippen molar-refractivity contribution in [3.05, 3.63) is 57.4 Å². The van der Waals surface area contributed by atoms with Crippen molar-refractivity contribution in [3.8, 4) is 0 Å². The molecule has 2 aromatic heterocycles. The van der Waals surface area contributed by atoms with Crippen molar-refractivity contribution in [2.45, 2.75) is 26.4 Å². The number of thiophene rings is 1. The highest BCUT2D eigenvalue weighted by atomic mass is 32.1. The summed E-state index contributed by atoms with van der Waals surface area (Å²) in [5, 5.41) is 10.2. The second-order valence-corrected chi connectivity index (χ2v) is 6.40. The number of carbonyl (C=O) groups is 2.